The van der Waals surface area contributed by atoms with Crippen molar-refractivity contribution in [3.05, 3.63) is 0 Å². The van der Waals surface area contributed by atoms with Gasteiger partial charge < -0.3 is 20.4 Å². The average molecular weight is 1250 g/mol. The maximum absolute atomic E-state index is 15.4. The Bertz CT molecular complexity index is 1270. The summed E-state index contributed by atoms with van der Waals surface area (Å²) in [6.45, 7) is 10.00. The third-order valence-electron chi connectivity index (χ3n) is 20.7. The molecule has 0 rings (SSSR count). The standard InChI is InChI=1S/C82H165NO5/c1-5-9-13-17-21-25-29-33-37-41-45-49-53-57-61-65-69-73-79(86)82(81(88)80(87)78(85)77-84,74-70-66-62-58-54-50-46-42-38-34-30-26-22-18-14-10-6-2)83(75-71-67-63-59-55-51-47-43-39-35-31-27-23-19-15-11-7-3)76-72-68-64-60-56-52-48-44-40-36-32-28-24-20-16-12-8-4/h78,80-81,84-85,87-88H,5-77H2,1-4H3/t78-,80-,81+,82-/m1/s1. The molecule has 0 aromatic heterocycles. The zero-order valence-electron chi connectivity index (χ0n) is 61.0. The monoisotopic (exact) mass is 1240 g/mol. The summed E-state index contributed by atoms with van der Waals surface area (Å²) in [7, 11) is 0. The minimum Gasteiger partial charge on any atom is -0.394 e. The van der Waals surface area contributed by atoms with Crippen LogP contribution in [0.5, 0.6) is 0 Å². The molecule has 0 fully saturated rings. The minimum absolute atomic E-state index is 0.0561. The van der Waals surface area contributed by atoms with Crippen molar-refractivity contribution in [2.75, 3.05) is 19.7 Å². The van der Waals surface area contributed by atoms with E-state index in [1.165, 1.54) is 372 Å². The Hall–Kier alpha value is -0.530. The van der Waals surface area contributed by atoms with E-state index in [-0.39, 0.29) is 5.78 Å². The maximum atomic E-state index is 15.4. The molecule has 6 heteroatoms. The summed E-state index contributed by atoms with van der Waals surface area (Å²) in [6, 6.07) is 0. The number of hydrogen-bond acceptors (Lipinski definition) is 6. The van der Waals surface area contributed by atoms with Crippen LogP contribution in [-0.2, 0) is 4.79 Å². The number of unbranched alkanes of at least 4 members (excludes halogenated alkanes) is 64. The normalized spacial score (nSPS) is 13.7. The van der Waals surface area contributed by atoms with Crippen LogP contribution in [0.4, 0.5) is 0 Å². The van der Waals surface area contributed by atoms with Crippen molar-refractivity contribution in [2.24, 2.45) is 0 Å². The molecule has 6 nitrogen and oxygen atoms in total. The first-order valence-corrected chi connectivity index (χ1v) is 41.3. The zero-order chi connectivity index (χ0) is 64.0. The summed E-state index contributed by atoms with van der Waals surface area (Å²) in [5.41, 5.74) is -1.29. The lowest BCUT2D eigenvalue weighted by Crippen LogP contribution is -2.67. The molecule has 528 valence electrons. The first-order chi connectivity index (χ1) is 43.4. The van der Waals surface area contributed by atoms with Gasteiger partial charge >= 0.3 is 0 Å². The molecule has 4 N–H and O–H groups in total. The molecule has 0 aliphatic rings. The van der Waals surface area contributed by atoms with Gasteiger partial charge in [0.15, 0.2) is 5.78 Å². The van der Waals surface area contributed by atoms with Crippen molar-refractivity contribution in [1.29, 1.82) is 0 Å². The van der Waals surface area contributed by atoms with Crippen LogP contribution < -0.4 is 0 Å². The van der Waals surface area contributed by atoms with Crippen LogP contribution in [-0.4, -0.2) is 74.7 Å². The van der Waals surface area contributed by atoms with Gasteiger partial charge in [-0.1, -0.05) is 445 Å². The third kappa shape index (κ3) is 55.9. The lowest BCUT2D eigenvalue weighted by atomic mass is 9.75. The lowest BCUT2D eigenvalue weighted by molar-refractivity contribution is -0.162. The van der Waals surface area contributed by atoms with Crippen LogP contribution in [0.25, 0.3) is 0 Å². The molecule has 0 aliphatic carbocycles. The van der Waals surface area contributed by atoms with Gasteiger partial charge in [0.25, 0.3) is 0 Å². The first-order valence-electron chi connectivity index (χ1n) is 41.3. The molecule has 88 heavy (non-hydrogen) atoms. The summed E-state index contributed by atoms with van der Waals surface area (Å²) in [6.07, 6.45) is 85.2. The summed E-state index contributed by atoms with van der Waals surface area (Å²) in [5, 5.41) is 45.7. The van der Waals surface area contributed by atoms with E-state index in [0.717, 1.165) is 77.3 Å². The van der Waals surface area contributed by atoms with Crippen LogP contribution in [0, 0.1) is 0 Å². The number of Topliss-reactive ketones (excluding diaryl/α,β-unsaturated/α-hetero) is 1. The van der Waals surface area contributed by atoms with Crippen LogP contribution in [0.2, 0.25) is 0 Å². The average Bonchev–Trinajstić information content (AvgIpc) is 1.45. The number of nitrogens with zero attached hydrogens (tertiary/aromatic N) is 1. The van der Waals surface area contributed by atoms with Gasteiger partial charge in [0.2, 0.25) is 0 Å². The van der Waals surface area contributed by atoms with Crippen LogP contribution in [0.3, 0.4) is 0 Å². The molecular weight excluding hydrogens is 1080 g/mol. The Balaban J connectivity index is 5.88. The van der Waals surface area contributed by atoms with Crippen molar-refractivity contribution in [3.8, 4) is 0 Å². The van der Waals surface area contributed by atoms with Gasteiger partial charge in [0.1, 0.15) is 23.9 Å². The summed E-state index contributed by atoms with van der Waals surface area (Å²) in [5.74, 6) is 0.0561. The van der Waals surface area contributed by atoms with Crippen molar-refractivity contribution < 1.29 is 25.2 Å². The van der Waals surface area contributed by atoms with E-state index in [2.05, 4.69) is 32.6 Å². The minimum atomic E-state index is -1.59. The van der Waals surface area contributed by atoms with Crippen molar-refractivity contribution >= 4 is 5.78 Å². The molecule has 0 saturated carbocycles. The van der Waals surface area contributed by atoms with E-state index in [4.69, 9.17) is 0 Å². The van der Waals surface area contributed by atoms with Crippen LogP contribution in [0.15, 0.2) is 0 Å². The Morgan fingerprint density at radius 1 is 0.273 bits per heavy atom. The first kappa shape index (κ1) is 87.5. The predicted molar refractivity (Wildman–Crippen MR) is 390 cm³/mol. The molecule has 0 aromatic carbocycles. The number of rotatable bonds is 78. The summed E-state index contributed by atoms with van der Waals surface area (Å²) >= 11 is 0. The molecule has 0 unspecified atom stereocenters. The van der Waals surface area contributed by atoms with Gasteiger partial charge in [0, 0.05) is 6.42 Å². The molecular formula is C82H165NO5. The Morgan fingerprint density at radius 3 is 0.659 bits per heavy atom. The molecule has 4 atom stereocenters. The number of carbonyl (C=O) groups is 1. The van der Waals surface area contributed by atoms with E-state index in [1.807, 2.05) is 0 Å². The molecule has 0 aliphatic heterocycles. The summed E-state index contributed by atoms with van der Waals surface area (Å²) < 4.78 is 0. The predicted octanol–water partition coefficient (Wildman–Crippen LogP) is 26.1. The molecule has 0 aromatic rings. The second kappa shape index (κ2) is 72.3. The Morgan fingerprint density at radius 2 is 0.455 bits per heavy atom. The summed E-state index contributed by atoms with van der Waals surface area (Å²) in [4.78, 5) is 17.8. The highest BCUT2D eigenvalue weighted by Gasteiger charge is 2.52. The van der Waals surface area contributed by atoms with Crippen LogP contribution >= 0.6 is 0 Å². The van der Waals surface area contributed by atoms with Gasteiger partial charge in [-0.05, 0) is 38.8 Å². The molecule has 0 heterocycles. The fourth-order valence-corrected chi connectivity index (χ4v) is 14.5. The topological polar surface area (TPSA) is 101 Å². The third-order valence-corrected chi connectivity index (χ3v) is 20.7. The molecule has 0 saturated heterocycles. The van der Waals surface area contributed by atoms with E-state index < -0.39 is 30.5 Å². The van der Waals surface area contributed by atoms with Gasteiger partial charge in [0.05, 0.1) is 6.61 Å². The van der Waals surface area contributed by atoms with Crippen LogP contribution in [0.1, 0.15) is 477 Å². The number of aliphatic hydroxyl groups excluding tert-OH is 4. The maximum Gasteiger partial charge on any atom is 0.155 e. The van der Waals surface area contributed by atoms with Gasteiger partial charge in [-0.3, -0.25) is 9.69 Å². The quantitative estimate of drug-likeness (QED) is 0.0453. The highest BCUT2D eigenvalue weighted by atomic mass is 16.4. The van der Waals surface area contributed by atoms with Gasteiger partial charge in [-0.2, -0.15) is 0 Å². The number of carbonyl (C=O) groups excluding carboxylic acids is 1. The molecule has 0 spiro atoms. The number of ketones is 1. The highest BCUT2D eigenvalue weighted by molar-refractivity contribution is 5.89. The fraction of sp³-hybridized carbons (Fsp3) is 0.988. The van der Waals surface area contributed by atoms with E-state index in [0.29, 0.717) is 12.8 Å². The van der Waals surface area contributed by atoms with Crippen molar-refractivity contribution in [3.63, 3.8) is 0 Å². The Kier molecular flexibility index (Phi) is 71.9. The smallest absolute Gasteiger partial charge is 0.155 e. The second-order valence-corrected chi connectivity index (χ2v) is 29.1. The van der Waals surface area contributed by atoms with Crippen molar-refractivity contribution in [2.45, 2.75) is 501 Å². The molecule has 0 bridgehead atoms. The zero-order valence-corrected chi connectivity index (χ0v) is 61.0. The van der Waals surface area contributed by atoms with Gasteiger partial charge in [-0.15, -0.1) is 0 Å². The second-order valence-electron chi connectivity index (χ2n) is 29.1. The number of hydrogen-bond donors (Lipinski definition) is 4. The van der Waals surface area contributed by atoms with Crippen molar-refractivity contribution in [1.82, 2.24) is 4.90 Å². The highest BCUT2D eigenvalue weighted by Crippen LogP contribution is 2.35. The number of aliphatic hydroxyl groups is 4. The largest absolute Gasteiger partial charge is 0.394 e. The van der Waals surface area contributed by atoms with Gasteiger partial charge in [-0.25, -0.2) is 0 Å². The Labute approximate surface area is 553 Å². The van der Waals surface area contributed by atoms with E-state index in [9.17, 15) is 20.4 Å². The van der Waals surface area contributed by atoms with E-state index >= 15 is 4.79 Å². The SMILES string of the molecule is CCCCCCCCCCCCCCCCCCCC(=O)[C@](CCCCCCCCCCCCCCCCCCC)([C@@H](O)[C@H](O)[C@H](O)CO)N(CCCCCCCCCCCCCCCCCCC)CCCCCCCCCCCCCCCCCCC. The molecule has 0 amide bonds. The van der Waals surface area contributed by atoms with E-state index in [1.54, 1.807) is 0 Å². The molecule has 0 radical (unpaired) electrons. The lowest BCUT2D eigenvalue weighted by Gasteiger charge is -2.48. The fourth-order valence-electron chi connectivity index (χ4n) is 14.5.